The second-order valence-electron chi connectivity index (χ2n) is 5.03. The van der Waals surface area contributed by atoms with Crippen molar-refractivity contribution in [1.29, 1.82) is 0 Å². The van der Waals surface area contributed by atoms with E-state index in [0.717, 1.165) is 29.7 Å². The van der Waals surface area contributed by atoms with Crippen LogP contribution in [0, 0.1) is 0 Å². The highest BCUT2D eigenvalue weighted by Gasteiger charge is 2.23. The van der Waals surface area contributed by atoms with E-state index >= 15 is 0 Å². The van der Waals surface area contributed by atoms with Gasteiger partial charge in [-0.2, -0.15) is 0 Å². The minimum Gasteiger partial charge on any atom is -0.338 e. The highest BCUT2D eigenvalue weighted by molar-refractivity contribution is 6.00. The Labute approximate surface area is 119 Å². The van der Waals surface area contributed by atoms with E-state index in [9.17, 15) is 9.59 Å². The number of hydrogen-bond acceptors (Lipinski definition) is 2. The Morgan fingerprint density at radius 3 is 2.80 bits per heavy atom. The van der Waals surface area contributed by atoms with Gasteiger partial charge >= 0.3 is 6.03 Å². The van der Waals surface area contributed by atoms with Crippen LogP contribution in [-0.2, 0) is 17.6 Å². The summed E-state index contributed by atoms with van der Waals surface area (Å²) in [4.78, 5) is 24.7. The standard InChI is InChI=1S/C15H21N3O2/c1-3-7-16-15(20)17-8-6-11-4-5-13-12(9-11)10-14(19)18(13)2/h4-5,9H,3,6-8,10H2,1-2H3,(H2,16,17,20). The molecule has 0 saturated carbocycles. The van der Waals surface area contributed by atoms with Gasteiger partial charge in [0.2, 0.25) is 5.91 Å². The average Bonchev–Trinajstić information content (AvgIpc) is 2.71. The van der Waals surface area contributed by atoms with Crippen LogP contribution in [-0.4, -0.2) is 32.1 Å². The van der Waals surface area contributed by atoms with E-state index in [1.807, 2.05) is 19.1 Å². The van der Waals surface area contributed by atoms with Gasteiger partial charge in [0.05, 0.1) is 6.42 Å². The Morgan fingerprint density at radius 1 is 1.30 bits per heavy atom. The first-order chi connectivity index (χ1) is 9.61. The maximum absolute atomic E-state index is 11.6. The molecule has 0 radical (unpaired) electrons. The molecule has 0 aliphatic carbocycles. The predicted molar refractivity (Wildman–Crippen MR) is 79.0 cm³/mol. The van der Waals surface area contributed by atoms with Crippen LogP contribution in [0.1, 0.15) is 24.5 Å². The van der Waals surface area contributed by atoms with Crippen molar-refractivity contribution in [2.24, 2.45) is 0 Å². The lowest BCUT2D eigenvalue weighted by molar-refractivity contribution is -0.117. The summed E-state index contributed by atoms with van der Waals surface area (Å²) in [5.74, 6) is 0.134. The first kappa shape index (κ1) is 14.4. The zero-order valence-electron chi connectivity index (χ0n) is 12.0. The van der Waals surface area contributed by atoms with E-state index < -0.39 is 0 Å². The Hall–Kier alpha value is -2.04. The molecule has 5 heteroatoms. The molecule has 1 aliphatic rings. The number of anilines is 1. The monoisotopic (exact) mass is 275 g/mol. The van der Waals surface area contributed by atoms with Gasteiger partial charge in [0.25, 0.3) is 0 Å². The number of carbonyl (C=O) groups excluding carboxylic acids is 2. The van der Waals surface area contributed by atoms with E-state index in [2.05, 4.69) is 16.7 Å². The molecule has 0 atom stereocenters. The lowest BCUT2D eigenvalue weighted by Crippen LogP contribution is -2.36. The molecular formula is C15H21N3O2. The third kappa shape index (κ3) is 3.29. The van der Waals surface area contributed by atoms with Crippen LogP contribution < -0.4 is 15.5 Å². The number of likely N-dealkylation sites (N-methyl/N-ethyl adjacent to an activating group) is 1. The van der Waals surface area contributed by atoms with Crippen LogP contribution in [0.2, 0.25) is 0 Å². The molecule has 0 spiro atoms. The van der Waals surface area contributed by atoms with Gasteiger partial charge in [-0.1, -0.05) is 19.1 Å². The molecule has 1 heterocycles. The second kappa shape index (κ2) is 6.41. The number of nitrogens with zero attached hydrogens (tertiary/aromatic N) is 1. The number of urea groups is 1. The molecule has 0 aromatic heterocycles. The van der Waals surface area contributed by atoms with Gasteiger partial charge < -0.3 is 15.5 Å². The van der Waals surface area contributed by atoms with Crippen molar-refractivity contribution in [3.63, 3.8) is 0 Å². The average molecular weight is 275 g/mol. The van der Waals surface area contributed by atoms with Crippen LogP contribution in [0.15, 0.2) is 18.2 Å². The normalized spacial score (nSPS) is 13.3. The number of carbonyl (C=O) groups is 2. The minimum atomic E-state index is -0.122. The number of hydrogen-bond donors (Lipinski definition) is 2. The molecule has 5 nitrogen and oxygen atoms in total. The quantitative estimate of drug-likeness (QED) is 0.854. The van der Waals surface area contributed by atoms with Crippen molar-refractivity contribution in [3.8, 4) is 0 Å². The summed E-state index contributed by atoms with van der Waals surface area (Å²) in [6, 6.07) is 5.93. The molecule has 3 amide bonds. The first-order valence-corrected chi connectivity index (χ1v) is 7.02. The molecule has 0 fully saturated rings. The first-order valence-electron chi connectivity index (χ1n) is 7.02. The summed E-state index contributed by atoms with van der Waals surface area (Å²) < 4.78 is 0. The van der Waals surface area contributed by atoms with Crippen molar-refractivity contribution >= 4 is 17.6 Å². The third-order valence-corrected chi connectivity index (χ3v) is 3.46. The van der Waals surface area contributed by atoms with Gasteiger partial charge in [-0.3, -0.25) is 4.79 Å². The molecule has 2 rings (SSSR count). The molecule has 1 aromatic carbocycles. The number of nitrogens with one attached hydrogen (secondary N) is 2. The fourth-order valence-corrected chi connectivity index (χ4v) is 2.30. The fraction of sp³-hybridized carbons (Fsp3) is 0.467. The molecule has 108 valence electrons. The van der Waals surface area contributed by atoms with E-state index in [1.54, 1.807) is 11.9 Å². The highest BCUT2D eigenvalue weighted by atomic mass is 16.2. The van der Waals surface area contributed by atoms with E-state index in [1.165, 1.54) is 0 Å². The molecule has 0 bridgehead atoms. The van der Waals surface area contributed by atoms with Crippen LogP contribution in [0.3, 0.4) is 0 Å². The smallest absolute Gasteiger partial charge is 0.314 e. The minimum absolute atomic E-state index is 0.122. The van der Waals surface area contributed by atoms with Gasteiger partial charge in [0.15, 0.2) is 0 Å². The van der Waals surface area contributed by atoms with Crippen molar-refractivity contribution in [1.82, 2.24) is 10.6 Å². The summed E-state index contributed by atoms with van der Waals surface area (Å²) >= 11 is 0. The van der Waals surface area contributed by atoms with Crippen molar-refractivity contribution in [2.75, 3.05) is 25.0 Å². The van der Waals surface area contributed by atoms with Gasteiger partial charge in [0.1, 0.15) is 0 Å². The van der Waals surface area contributed by atoms with Crippen LogP contribution in [0.4, 0.5) is 10.5 Å². The molecular weight excluding hydrogens is 254 g/mol. The Balaban J connectivity index is 1.85. The number of benzene rings is 1. The predicted octanol–water partition coefficient (Wildman–Crippen LogP) is 1.46. The fourth-order valence-electron chi connectivity index (χ4n) is 2.30. The lowest BCUT2D eigenvalue weighted by atomic mass is 10.1. The van der Waals surface area contributed by atoms with E-state index in [0.29, 0.717) is 19.5 Å². The van der Waals surface area contributed by atoms with Crippen molar-refractivity contribution in [3.05, 3.63) is 29.3 Å². The summed E-state index contributed by atoms with van der Waals surface area (Å²) in [5, 5.41) is 5.59. The summed E-state index contributed by atoms with van der Waals surface area (Å²) in [5.41, 5.74) is 3.21. The lowest BCUT2D eigenvalue weighted by Gasteiger charge is -2.11. The van der Waals surface area contributed by atoms with Gasteiger partial charge in [-0.15, -0.1) is 0 Å². The maximum atomic E-state index is 11.6. The van der Waals surface area contributed by atoms with Crippen LogP contribution in [0.5, 0.6) is 0 Å². The van der Waals surface area contributed by atoms with Crippen LogP contribution in [0.25, 0.3) is 0 Å². The Bertz CT molecular complexity index is 514. The van der Waals surface area contributed by atoms with Gasteiger partial charge in [-0.05, 0) is 30.0 Å². The van der Waals surface area contributed by atoms with E-state index in [4.69, 9.17) is 0 Å². The highest BCUT2D eigenvalue weighted by Crippen LogP contribution is 2.28. The molecule has 1 aliphatic heterocycles. The number of rotatable bonds is 5. The van der Waals surface area contributed by atoms with Crippen molar-refractivity contribution in [2.45, 2.75) is 26.2 Å². The van der Waals surface area contributed by atoms with Crippen molar-refractivity contribution < 1.29 is 9.59 Å². The second-order valence-corrected chi connectivity index (χ2v) is 5.03. The summed E-state index contributed by atoms with van der Waals surface area (Å²) in [6.07, 6.45) is 2.18. The Morgan fingerprint density at radius 2 is 2.05 bits per heavy atom. The SMILES string of the molecule is CCCNC(=O)NCCc1ccc2c(c1)CC(=O)N2C. The molecule has 1 aromatic rings. The molecule has 20 heavy (non-hydrogen) atoms. The zero-order valence-corrected chi connectivity index (χ0v) is 12.0. The molecule has 2 N–H and O–H groups in total. The topological polar surface area (TPSA) is 61.4 Å². The third-order valence-electron chi connectivity index (χ3n) is 3.46. The Kier molecular flexibility index (Phi) is 4.61. The number of amides is 3. The van der Waals surface area contributed by atoms with E-state index in [-0.39, 0.29) is 11.9 Å². The van der Waals surface area contributed by atoms with Crippen LogP contribution >= 0.6 is 0 Å². The summed E-state index contributed by atoms with van der Waals surface area (Å²) in [6.45, 7) is 3.31. The number of fused-ring (bicyclic) bond motifs is 1. The molecule has 0 unspecified atom stereocenters. The largest absolute Gasteiger partial charge is 0.338 e. The maximum Gasteiger partial charge on any atom is 0.314 e. The van der Waals surface area contributed by atoms with Gasteiger partial charge in [-0.25, -0.2) is 4.79 Å². The summed E-state index contributed by atoms with van der Waals surface area (Å²) in [7, 11) is 1.80. The molecule has 0 saturated heterocycles. The zero-order chi connectivity index (χ0) is 14.5. The van der Waals surface area contributed by atoms with Gasteiger partial charge in [0, 0.05) is 25.8 Å².